The van der Waals surface area contributed by atoms with Crippen molar-refractivity contribution in [3.63, 3.8) is 0 Å². The van der Waals surface area contributed by atoms with Crippen molar-refractivity contribution in [2.75, 3.05) is 13.2 Å². The summed E-state index contributed by atoms with van der Waals surface area (Å²) in [7, 11) is 0. The summed E-state index contributed by atoms with van der Waals surface area (Å²) in [6.45, 7) is 4.78. The molecule has 0 aliphatic carbocycles. The standard InChI is InChI=1S/C12H17NO5/c1-3-8-7(5-6-17-8)10-13-9(11(14)15)12(18-10)16-4-2/h7-8H,3-6H2,1-2H3,(H,14,15). The van der Waals surface area contributed by atoms with Gasteiger partial charge in [-0.2, -0.15) is 0 Å². The Bertz CT molecular complexity index is 428. The maximum Gasteiger partial charge on any atom is 0.362 e. The molecule has 6 heteroatoms. The zero-order valence-electron chi connectivity index (χ0n) is 10.5. The highest BCUT2D eigenvalue weighted by molar-refractivity contribution is 5.87. The van der Waals surface area contributed by atoms with E-state index in [9.17, 15) is 4.79 Å². The van der Waals surface area contributed by atoms with E-state index in [2.05, 4.69) is 4.98 Å². The van der Waals surface area contributed by atoms with E-state index in [-0.39, 0.29) is 23.7 Å². The molecule has 1 saturated heterocycles. The molecule has 2 atom stereocenters. The molecule has 0 amide bonds. The molecule has 1 aliphatic heterocycles. The smallest absolute Gasteiger partial charge is 0.362 e. The molecule has 2 heterocycles. The van der Waals surface area contributed by atoms with Gasteiger partial charge in [0.15, 0.2) is 0 Å². The quantitative estimate of drug-likeness (QED) is 0.867. The summed E-state index contributed by atoms with van der Waals surface area (Å²) >= 11 is 0. The van der Waals surface area contributed by atoms with E-state index < -0.39 is 5.97 Å². The van der Waals surface area contributed by atoms with Crippen molar-refractivity contribution in [3.8, 4) is 5.95 Å². The first-order valence-electron chi connectivity index (χ1n) is 6.15. The number of oxazole rings is 1. The van der Waals surface area contributed by atoms with Gasteiger partial charge in [-0.25, -0.2) is 9.78 Å². The van der Waals surface area contributed by atoms with Crippen LogP contribution in [0.2, 0.25) is 0 Å². The number of hydrogen-bond donors (Lipinski definition) is 1. The Morgan fingerprint density at radius 3 is 2.94 bits per heavy atom. The van der Waals surface area contributed by atoms with E-state index in [1.54, 1.807) is 6.92 Å². The third-order valence-electron chi connectivity index (χ3n) is 3.02. The van der Waals surface area contributed by atoms with Crippen LogP contribution in [0, 0.1) is 0 Å². The first-order chi connectivity index (χ1) is 8.67. The van der Waals surface area contributed by atoms with E-state index in [4.69, 9.17) is 19.0 Å². The Labute approximate surface area is 105 Å². The van der Waals surface area contributed by atoms with Gasteiger partial charge in [-0.1, -0.05) is 6.92 Å². The van der Waals surface area contributed by atoms with Gasteiger partial charge in [0, 0.05) is 6.61 Å². The van der Waals surface area contributed by atoms with Crippen molar-refractivity contribution < 1.29 is 23.8 Å². The molecule has 100 valence electrons. The van der Waals surface area contributed by atoms with Gasteiger partial charge in [-0.15, -0.1) is 0 Å². The first-order valence-corrected chi connectivity index (χ1v) is 6.15. The van der Waals surface area contributed by atoms with Gasteiger partial charge in [0.25, 0.3) is 0 Å². The SMILES string of the molecule is CCOc1oc(C2CCOC2CC)nc1C(=O)O. The Morgan fingerprint density at radius 2 is 2.33 bits per heavy atom. The summed E-state index contributed by atoms with van der Waals surface area (Å²) in [5, 5.41) is 9.04. The lowest BCUT2D eigenvalue weighted by atomic mass is 10.00. The van der Waals surface area contributed by atoms with Crippen LogP contribution in [0.3, 0.4) is 0 Å². The van der Waals surface area contributed by atoms with Crippen LogP contribution in [-0.2, 0) is 4.74 Å². The summed E-state index contributed by atoms with van der Waals surface area (Å²) in [4.78, 5) is 15.1. The molecule has 1 fully saturated rings. The molecule has 1 N–H and O–H groups in total. The minimum Gasteiger partial charge on any atom is -0.476 e. The fraction of sp³-hybridized carbons (Fsp3) is 0.667. The summed E-state index contributed by atoms with van der Waals surface area (Å²) in [6.07, 6.45) is 1.68. The first kappa shape index (κ1) is 12.9. The topological polar surface area (TPSA) is 81.8 Å². The summed E-state index contributed by atoms with van der Waals surface area (Å²) < 4.78 is 16.1. The van der Waals surface area contributed by atoms with Gasteiger partial charge >= 0.3 is 11.9 Å². The van der Waals surface area contributed by atoms with Crippen molar-refractivity contribution in [2.24, 2.45) is 0 Å². The Balaban J connectivity index is 2.28. The zero-order chi connectivity index (χ0) is 13.1. The van der Waals surface area contributed by atoms with Crippen LogP contribution >= 0.6 is 0 Å². The van der Waals surface area contributed by atoms with Gasteiger partial charge in [-0.3, -0.25) is 0 Å². The van der Waals surface area contributed by atoms with Crippen LogP contribution in [-0.4, -0.2) is 35.4 Å². The van der Waals surface area contributed by atoms with Crippen molar-refractivity contribution in [1.29, 1.82) is 0 Å². The van der Waals surface area contributed by atoms with Gasteiger partial charge in [0.2, 0.25) is 11.6 Å². The lowest BCUT2D eigenvalue weighted by molar-refractivity contribution is 0.0683. The lowest BCUT2D eigenvalue weighted by Gasteiger charge is -2.12. The van der Waals surface area contributed by atoms with Crippen molar-refractivity contribution >= 4 is 5.97 Å². The molecule has 1 aromatic rings. The number of aromatic carboxylic acids is 1. The van der Waals surface area contributed by atoms with E-state index in [1.165, 1.54) is 0 Å². The number of carbonyl (C=O) groups is 1. The number of ether oxygens (including phenoxy) is 2. The van der Waals surface area contributed by atoms with E-state index in [1.807, 2.05) is 6.92 Å². The zero-order valence-corrected chi connectivity index (χ0v) is 10.5. The molecule has 0 saturated carbocycles. The predicted molar refractivity (Wildman–Crippen MR) is 62.0 cm³/mol. The van der Waals surface area contributed by atoms with E-state index in [0.717, 1.165) is 12.8 Å². The van der Waals surface area contributed by atoms with Gasteiger partial charge in [0.05, 0.1) is 18.6 Å². The highest BCUT2D eigenvalue weighted by atomic mass is 16.6. The summed E-state index contributed by atoms with van der Waals surface area (Å²) in [5.74, 6) is -0.732. The maximum atomic E-state index is 11.0. The Kier molecular flexibility index (Phi) is 3.86. The molecule has 0 bridgehead atoms. The number of rotatable bonds is 5. The third kappa shape index (κ3) is 2.33. The van der Waals surface area contributed by atoms with Crippen molar-refractivity contribution in [1.82, 2.24) is 4.98 Å². The molecule has 0 aromatic carbocycles. The van der Waals surface area contributed by atoms with Crippen LogP contribution < -0.4 is 4.74 Å². The molecule has 2 unspecified atom stereocenters. The minimum atomic E-state index is -1.14. The normalized spacial score (nSPS) is 23.2. The van der Waals surface area contributed by atoms with Gasteiger partial charge < -0.3 is 19.0 Å². The lowest BCUT2D eigenvalue weighted by Crippen LogP contribution is -2.13. The highest BCUT2D eigenvalue weighted by Crippen LogP contribution is 2.35. The number of hydrogen-bond acceptors (Lipinski definition) is 5. The summed E-state index contributed by atoms with van der Waals surface area (Å²) in [6, 6.07) is 0. The fourth-order valence-electron chi connectivity index (χ4n) is 2.18. The summed E-state index contributed by atoms with van der Waals surface area (Å²) in [5.41, 5.74) is -0.159. The molecule has 1 aliphatic rings. The average molecular weight is 255 g/mol. The molecule has 6 nitrogen and oxygen atoms in total. The number of aromatic nitrogens is 1. The molecule has 0 radical (unpaired) electrons. The fourth-order valence-corrected chi connectivity index (χ4v) is 2.18. The number of carboxylic acids is 1. The van der Waals surface area contributed by atoms with Crippen LogP contribution in [0.25, 0.3) is 0 Å². The molecule has 2 rings (SSSR count). The van der Waals surface area contributed by atoms with E-state index in [0.29, 0.717) is 19.1 Å². The Morgan fingerprint density at radius 1 is 1.56 bits per heavy atom. The van der Waals surface area contributed by atoms with E-state index >= 15 is 0 Å². The van der Waals surface area contributed by atoms with Crippen molar-refractivity contribution in [2.45, 2.75) is 38.7 Å². The van der Waals surface area contributed by atoms with Crippen LogP contribution in [0.15, 0.2) is 4.42 Å². The maximum absolute atomic E-state index is 11.0. The Hall–Kier alpha value is -1.56. The van der Waals surface area contributed by atoms with Crippen LogP contribution in [0.4, 0.5) is 0 Å². The monoisotopic (exact) mass is 255 g/mol. The van der Waals surface area contributed by atoms with Crippen LogP contribution in [0.5, 0.6) is 5.95 Å². The molecular formula is C12H17NO5. The second-order valence-corrected chi connectivity index (χ2v) is 4.14. The molecule has 18 heavy (non-hydrogen) atoms. The molecule has 0 spiro atoms. The molecule has 1 aromatic heterocycles. The van der Waals surface area contributed by atoms with Gasteiger partial charge in [-0.05, 0) is 19.8 Å². The van der Waals surface area contributed by atoms with Crippen molar-refractivity contribution in [3.05, 3.63) is 11.6 Å². The largest absolute Gasteiger partial charge is 0.476 e. The highest BCUT2D eigenvalue weighted by Gasteiger charge is 2.34. The second kappa shape index (κ2) is 5.39. The number of nitrogens with zero attached hydrogens (tertiary/aromatic N) is 1. The van der Waals surface area contributed by atoms with Crippen LogP contribution in [0.1, 0.15) is 49.0 Å². The van der Waals surface area contributed by atoms with Gasteiger partial charge in [0.1, 0.15) is 0 Å². The molecular weight excluding hydrogens is 238 g/mol. The number of carboxylic acid groups (broad SMARTS) is 1. The minimum absolute atomic E-state index is 0.0123. The second-order valence-electron chi connectivity index (χ2n) is 4.14. The third-order valence-corrected chi connectivity index (χ3v) is 3.02. The average Bonchev–Trinajstić information content (AvgIpc) is 2.94. The predicted octanol–water partition coefficient (Wildman–Crippen LogP) is 2.05.